The Morgan fingerprint density at radius 1 is 1.35 bits per heavy atom. The Kier molecular flexibility index (Phi) is 5.46. The molecule has 0 spiro atoms. The topological polar surface area (TPSA) is 41.1 Å². The highest BCUT2D eigenvalue weighted by molar-refractivity contribution is 5.84. The number of anilines is 1. The maximum atomic E-state index is 12.7. The highest BCUT2D eigenvalue weighted by Crippen LogP contribution is 2.09. The summed E-state index contributed by atoms with van der Waals surface area (Å²) in [7, 11) is 0. The predicted molar refractivity (Wildman–Crippen MR) is 67.4 cm³/mol. The van der Waals surface area contributed by atoms with Crippen LogP contribution in [-0.4, -0.2) is 18.5 Å². The molecule has 0 bridgehead atoms. The third kappa shape index (κ3) is 4.85. The van der Waals surface area contributed by atoms with Gasteiger partial charge in [0.15, 0.2) is 0 Å². The van der Waals surface area contributed by atoms with E-state index in [1.54, 1.807) is 19.1 Å². The largest absolute Gasteiger partial charge is 0.374 e. The van der Waals surface area contributed by atoms with Gasteiger partial charge in [-0.2, -0.15) is 0 Å². The average Bonchev–Trinajstić information content (AvgIpc) is 2.32. The molecule has 0 saturated heterocycles. The Morgan fingerprint density at radius 2 is 2.00 bits per heavy atom. The third-order valence-corrected chi connectivity index (χ3v) is 2.45. The van der Waals surface area contributed by atoms with Gasteiger partial charge in [0.2, 0.25) is 5.91 Å². The Balaban J connectivity index is 2.40. The smallest absolute Gasteiger partial charge is 0.242 e. The zero-order chi connectivity index (χ0) is 12.7. The second kappa shape index (κ2) is 6.89. The van der Waals surface area contributed by atoms with Gasteiger partial charge in [0.1, 0.15) is 11.9 Å². The maximum Gasteiger partial charge on any atom is 0.242 e. The number of rotatable bonds is 6. The molecule has 1 atom stereocenters. The number of benzene rings is 1. The number of hydrogen-bond donors (Lipinski definition) is 2. The second-order valence-corrected chi connectivity index (χ2v) is 4.02. The molecular weight excluding hydrogens is 219 g/mol. The summed E-state index contributed by atoms with van der Waals surface area (Å²) in [6, 6.07) is 5.64. The van der Waals surface area contributed by atoms with E-state index in [4.69, 9.17) is 0 Å². The fourth-order valence-electron chi connectivity index (χ4n) is 1.40. The number of unbranched alkanes of at least 4 members (excludes halogenated alkanes) is 1. The predicted octanol–water partition coefficient (Wildman–Crippen LogP) is 2.54. The van der Waals surface area contributed by atoms with E-state index < -0.39 is 0 Å². The lowest BCUT2D eigenvalue weighted by molar-refractivity contribution is -0.121. The average molecular weight is 238 g/mol. The normalized spacial score (nSPS) is 11.9. The molecule has 0 aromatic heterocycles. The van der Waals surface area contributed by atoms with Crippen LogP contribution in [0.5, 0.6) is 0 Å². The fraction of sp³-hybridized carbons (Fsp3) is 0.462. The quantitative estimate of drug-likeness (QED) is 0.748. The first-order chi connectivity index (χ1) is 8.13. The van der Waals surface area contributed by atoms with Crippen LogP contribution in [-0.2, 0) is 4.79 Å². The van der Waals surface area contributed by atoms with Crippen molar-refractivity contribution in [2.75, 3.05) is 11.9 Å². The molecular formula is C13H19FN2O. The lowest BCUT2D eigenvalue weighted by atomic mass is 10.2. The minimum atomic E-state index is -0.322. The van der Waals surface area contributed by atoms with E-state index in [1.807, 2.05) is 0 Å². The summed E-state index contributed by atoms with van der Waals surface area (Å²) in [6.45, 7) is 4.56. The van der Waals surface area contributed by atoms with Gasteiger partial charge in [0, 0.05) is 12.2 Å². The Morgan fingerprint density at radius 3 is 2.59 bits per heavy atom. The van der Waals surface area contributed by atoms with E-state index in [-0.39, 0.29) is 17.8 Å². The van der Waals surface area contributed by atoms with E-state index >= 15 is 0 Å². The van der Waals surface area contributed by atoms with E-state index in [0.29, 0.717) is 6.54 Å². The van der Waals surface area contributed by atoms with E-state index in [9.17, 15) is 9.18 Å². The van der Waals surface area contributed by atoms with Crippen LogP contribution < -0.4 is 10.6 Å². The van der Waals surface area contributed by atoms with Crippen molar-refractivity contribution in [1.29, 1.82) is 0 Å². The Hall–Kier alpha value is -1.58. The minimum absolute atomic E-state index is 0.0391. The molecule has 1 rings (SSSR count). The van der Waals surface area contributed by atoms with Gasteiger partial charge in [0.05, 0.1) is 0 Å². The zero-order valence-electron chi connectivity index (χ0n) is 10.3. The molecule has 1 aromatic rings. The van der Waals surface area contributed by atoms with Crippen molar-refractivity contribution in [2.24, 2.45) is 0 Å². The van der Waals surface area contributed by atoms with Crippen molar-refractivity contribution in [3.05, 3.63) is 30.1 Å². The number of carbonyl (C=O) groups is 1. The number of halogens is 1. The van der Waals surface area contributed by atoms with Crippen molar-refractivity contribution in [3.63, 3.8) is 0 Å². The number of nitrogens with one attached hydrogen (secondary N) is 2. The molecule has 94 valence electrons. The number of amides is 1. The van der Waals surface area contributed by atoms with Gasteiger partial charge in [-0.25, -0.2) is 4.39 Å². The third-order valence-electron chi connectivity index (χ3n) is 2.45. The fourth-order valence-corrected chi connectivity index (χ4v) is 1.40. The molecule has 17 heavy (non-hydrogen) atoms. The molecule has 3 nitrogen and oxygen atoms in total. The lowest BCUT2D eigenvalue weighted by Crippen LogP contribution is -2.37. The molecule has 0 fully saturated rings. The second-order valence-electron chi connectivity index (χ2n) is 4.02. The van der Waals surface area contributed by atoms with Crippen LogP contribution in [0.3, 0.4) is 0 Å². The van der Waals surface area contributed by atoms with E-state index in [1.165, 1.54) is 12.1 Å². The molecule has 0 aliphatic carbocycles. The van der Waals surface area contributed by atoms with Crippen molar-refractivity contribution in [3.8, 4) is 0 Å². The molecule has 0 aliphatic rings. The molecule has 2 N–H and O–H groups in total. The molecule has 1 aromatic carbocycles. The summed E-state index contributed by atoms with van der Waals surface area (Å²) >= 11 is 0. The van der Waals surface area contributed by atoms with Crippen LogP contribution in [0.15, 0.2) is 24.3 Å². The zero-order valence-corrected chi connectivity index (χ0v) is 10.3. The Bertz CT molecular complexity index is 351. The van der Waals surface area contributed by atoms with E-state index in [0.717, 1.165) is 18.5 Å². The Labute approximate surface area is 101 Å². The van der Waals surface area contributed by atoms with E-state index in [2.05, 4.69) is 17.6 Å². The molecule has 0 saturated carbocycles. The summed E-state index contributed by atoms with van der Waals surface area (Å²) in [5.41, 5.74) is 0.740. The molecule has 1 unspecified atom stereocenters. The molecule has 0 aliphatic heterocycles. The SMILES string of the molecule is CCCCNC(=O)C(C)Nc1ccc(F)cc1. The van der Waals surface area contributed by atoms with Gasteiger partial charge in [-0.05, 0) is 37.6 Å². The molecule has 1 amide bonds. The van der Waals surface area contributed by atoms with Crippen LogP contribution in [0.25, 0.3) is 0 Å². The molecule has 0 radical (unpaired) electrons. The first-order valence-corrected chi connectivity index (χ1v) is 5.93. The highest BCUT2D eigenvalue weighted by atomic mass is 19.1. The van der Waals surface area contributed by atoms with Crippen LogP contribution in [0.2, 0.25) is 0 Å². The van der Waals surface area contributed by atoms with Crippen molar-refractivity contribution < 1.29 is 9.18 Å². The number of carbonyl (C=O) groups excluding carboxylic acids is 1. The molecule has 4 heteroatoms. The van der Waals surface area contributed by atoms with Crippen LogP contribution >= 0.6 is 0 Å². The van der Waals surface area contributed by atoms with Crippen molar-refractivity contribution in [2.45, 2.75) is 32.7 Å². The maximum absolute atomic E-state index is 12.7. The van der Waals surface area contributed by atoms with Gasteiger partial charge < -0.3 is 10.6 Å². The van der Waals surface area contributed by atoms with Crippen LogP contribution in [0.1, 0.15) is 26.7 Å². The van der Waals surface area contributed by atoms with Gasteiger partial charge in [-0.1, -0.05) is 13.3 Å². The lowest BCUT2D eigenvalue weighted by Gasteiger charge is -2.15. The standard InChI is InChI=1S/C13H19FN2O/c1-3-4-9-15-13(17)10(2)16-12-7-5-11(14)6-8-12/h5-8,10,16H,3-4,9H2,1-2H3,(H,15,17). The summed E-state index contributed by atoms with van der Waals surface area (Å²) in [4.78, 5) is 11.6. The number of hydrogen-bond acceptors (Lipinski definition) is 2. The van der Waals surface area contributed by atoms with Crippen LogP contribution in [0.4, 0.5) is 10.1 Å². The van der Waals surface area contributed by atoms with Gasteiger partial charge in [0.25, 0.3) is 0 Å². The van der Waals surface area contributed by atoms with Gasteiger partial charge >= 0.3 is 0 Å². The van der Waals surface area contributed by atoms with Crippen LogP contribution in [0, 0.1) is 5.82 Å². The summed E-state index contributed by atoms with van der Waals surface area (Å²) < 4.78 is 12.7. The first-order valence-electron chi connectivity index (χ1n) is 5.93. The summed E-state index contributed by atoms with van der Waals surface area (Å²) in [5.74, 6) is -0.321. The minimum Gasteiger partial charge on any atom is -0.374 e. The molecule has 0 heterocycles. The van der Waals surface area contributed by atoms with Crippen molar-refractivity contribution in [1.82, 2.24) is 5.32 Å². The van der Waals surface area contributed by atoms with Gasteiger partial charge in [-0.3, -0.25) is 4.79 Å². The van der Waals surface area contributed by atoms with Gasteiger partial charge in [-0.15, -0.1) is 0 Å². The summed E-state index contributed by atoms with van der Waals surface area (Å²) in [6.07, 6.45) is 2.04. The highest BCUT2D eigenvalue weighted by Gasteiger charge is 2.11. The van der Waals surface area contributed by atoms with Crippen molar-refractivity contribution >= 4 is 11.6 Å². The first kappa shape index (κ1) is 13.5. The summed E-state index contributed by atoms with van der Waals surface area (Å²) in [5, 5.41) is 5.86. The monoisotopic (exact) mass is 238 g/mol.